The van der Waals surface area contributed by atoms with Crippen molar-refractivity contribution in [3.8, 4) is 0 Å². The number of aryl methyl sites for hydroxylation is 1. The largest absolute Gasteiger partial charge is 0.392 e. The van der Waals surface area contributed by atoms with Gasteiger partial charge in [0.2, 0.25) is 5.91 Å². The van der Waals surface area contributed by atoms with Crippen LogP contribution in [0.3, 0.4) is 0 Å². The monoisotopic (exact) mass is 326 g/mol. The Morgan fingerprint density at radius 1 is 1.38 bits per heavy atom. The highest BCUT2D eigenvalue weighted by molar-refractivity contribution is 5.95. The van der Waals surface area contributed by atoms with Gasteiger partial charge in [0.25, 0.3) is 0 Å². The van der Waals surface area contributed by atoms with E-state index in [1.54, 1.807) is 17.6 Å². The van der Waals surface area contributed by atoms with E-state index >= 15 is 0 Å². The molecule has 0 saturated heterocycles. The normalized spacial score (nSPS) is 12.3. The third-order valence-corrected chi connectivity index (χ3v) is 3.93. The van der Waals surface area contributed by atoms with Crippen LogP contribution in [0.1, 0.15) is 24.1 Å². The Morgan fingerprint density at radius 3 is 2.92 bits per heavy atom. The van der Waals surface area contributed by atoms with E-state index in [1.165, 1.54) is 12.7 Å². The van der Waals surface area contributed by atoms with E-state index < -0.39 is 6.04 Å². The second kappa shape index (κ2) is 6.25. The lowest BCUT2D eigenvalue weighted by molar-refractivity contribution is -0.118. The molecule has 0 aliphatic rings. The van der Waals surface area contributed by atoms with Crippen LogP contribution in [-0.4, -0.2) is 30.5 Å². The molecule has 4 N–H and O–H groups in total. The van der Waals surface area contributed by atoms with Crippen LogP contribution in [-0.2, 0) is 11.4 Å². The van der Waals surface area contributed by atoms with Crippen molar-refractivity contribution < 1.29 is 9.90 Å². The number of nitrogens with one attached hydrogen (secondary N) is 1. The molecule has 0 bridgehead atoms. The van der Waals surface area contributed by atoms with Gasteiger partial charge in [-0.15, -0.1) is 0 Å². The maximum Gasteiger partial charge on any atom is 0.247 e. The minimum atomic E-state index is -0.540. The van der Waals surface area contributed by atoms with Crippen molar-refractivity contribution in [1.29, 1.82) is 0 Å². The fourth-order valence-electron chi connectivity index (χ4n) is 2.42. The molecule has 8 nitrogen and oxygen atoms in total. The summed E-state index contributed by atoms with van der Waals surface area (Å²) in [6.07, 6.45) is 2.87. The zero-order valence-corrected chi connectivity index (χ0v) is 13.4. The summed E-state index contributed by atoms with van der Waals surface area (Å²) in [6, 6.07) is 4.89. The summed E-state index contributed by atoms with van der Waals surface area (Å²) in [5, 5.41) is 12.1. The standard InChI is InChI=1S/C16H18N6O2/c1-9-3-4-11(6-23)5-12(9)21-16(24)10(2)22-8-20-13-14(17)18-7-19-15(13)22/h3-5,7-8,10,23H,6H2,1-2H3,(H,21,24)(H2,17,18,19). The van der Waals surface area contributed by atoms with Gasteiger partial charge in [0.1, 0.15) is 17.9 Å². The molecule has 0 spiro atoms. The van der Waals surface area contributed by atoms with E-state index in [4.69, 9.17) is 5.73 Å². The van der Waals surface area contributed by atoms with Gasteiger partial charge >= 0.3 is 0 Å². The quantitative estimate of drug-likeness (QED) is 0.667. The maximum atomic E-state index is 12.6. The lowest BCUT2D eigenvalue weighted by Crippen LogP contribution is -2.24. The van der Waals surface area contributed by atoms with Crippen LogP contribution < -0.4 is 11.1 Å². The molecule has 1 aromatic carbocycles. The number of nitrogens with zero attached hydrogens (tertiary/aromatic N) is 4. The SMILES string of the molecule is Cc1ccc(CO)cc1NC(=O)C(C)n1cnc2c(N)ncnc21. The molecule has 124 valence electrons. The number of carbonyl (C=O) groups is 1. The molecular formula is C16H18N6O2. The van der Waals surface area contributed by atoms with Crippen LogP contribution in [0.2, 0.25) is 0 Å². The van der Waals surface area contributed by atoms with Crippen LogP contribution >= 0.6 is 0 Å². The lowest BCUT2D eigenvalue weighted by atomic mass is 10.1. The minimum absolute atomic E-state index is 0.0823. The lowest BCUT2D eigenvalue weighted by Gasteiger charge is -2.16. The molecule has 1 atom stereocenters. The van der Waals surface area contributed by atoms with Gasteiger partial charge in [0.15, 0.2) is 11.5 Å². The number of benzene rings is 1. The van der Waals surface area contributed by atoms with E-state index in [2.05, 4.69) is 20.3 Å². The molecule has 0 aliphatic carbocycles. The third-order valence-electron chi connectivity index (χ3n) is 3.93. The number of anilines is 2. The average molecular weight is 326 g/mol. The van der Waals surface area contributed by atoms with Crippen molar-refractivity contribution in [1.82, 2.24) is 19.5 Å². The zero-order valence-electron chi connectivity index (χ0n) is 13.4. The molecule has 24 heavy (non-hydrogen) atoms. The van der Waals surface area contributed by atoms with Gasteiger partial charge in [-0.1, -0.05) is 12.1 Å². The molecule has 0 aliphatic heterocycles. The van der Waals surface area contributed by atoms with Crippen molar-refractivity contribution in [3.63, 3.8) is 0 Å². The first-order valence-electron chi connectivity index (χ1n) is 7.45. The minimum Gasteiger partial charge on any atom is -0.392 e. The van der Waals surface area contributed by atoms with Gasteiger partial charge in [0.05, 0.1) is 12.9 Å². The smallest absolute Gasteiger partial charge is 0.247 e. The molecule has 3 aromatic rings. The number of imidazole rings is 1. The maximum absolute atomic E-state index is 12.6. The molecule has 2 aromatic heterocycles. The molecule has 0 radical (unpaired) electrons. The Balaban J connectivity index is 1.88. The van der Waals surface area contributed by atoms with E-state index in [0.717, 1.165) is 11.1 Å². The van der Waals surface area contributed by atoms with Gasteiger partial charge in [-0.25, -0.2) is 15.0 Å². The summed E-state index contributed by atoms with van der Waals surface area (Å²) in [4.78, 5) is 24.8. The summed E-state index contributed by atoms with van der Waals surface area (Å²) >= 11 is 0. The summed E-state index contributed by atoms with van der Waals surface area (Å²) in [7, 11) is 0. The highest BCUT2D eigenvalue weighted by atomic mass is 16.3. The predicted octanol–water partition coefficient (Wildman–Crippen LogP) is 1.41. The first kappa shape index (κ1) is 15.9. The Labute approximate surface area is 138 Å². The van der Waals surface area contributed by atoms with Crippen molar-refractivity contribution >= 4 is 28.6 Å². The van der Waals surface area contributed by atoms with E-state index in [1.807, 2.05) is 19.1 Å². The number of aliphatic hydroxyl groups excluding tert-OH is 1. The number of hydrogen-bond acceptors (Lipinski definition) is 6. The first-order chi connectivity index (χ1) is 11.5. The van der Waals surface area contributed by atoms with Gasteiger partial charge in [-0.3, -0.25) is 4.79 Å². The number of aromatic nitrogens is 4. The summed E-state index contributed by atoms with van der Waals surface area (Å²) in [5.41, 5.74) is 9.05. The Bertz CT molecular complexity index is 905. The molecule has 2 heterocycles. The van der Waals surface area contributed by atoms with E-state index in [-0.39, 0.29) is 18.3 Å². The Kier molecular flexibility index (Phi) is 4.13. The number of rotatable bonds is 4. The third kappa shape index (κ3) is 2.79. The number of amides is 1. The number of nitrogens with two attached hydrogens (primary N) is 1. The number of fused-ring (bicyclic) bond motifs is 1. The second-order valence-electron chi connectivity index (χ2n) is 5.56. The van der Waals surface area contributed by atoms with Crippen molar-refractivity contribution in [2.45, 2.75) is 26.5 Å². The fourth-order valence-corrected chi connectivity index (χ4v) is 2.42. The van der Waals surface area contributed by atoms with Crippen LogP contribution in [0.5, 0.6) is 0 Å². The van der Waals surface area contributed by atoms with Crippen molar-refractivity contribution in [3.05, 3.63) is 42.0 Å². The molecular weight excluding hydrogens is 308 g/mol. The van der Waals surface area contributed by atoms with Crippen LogP contribution in [0.25, 0.3) is 11.2 Å². The molecule has 0 fully saturated rings. The zero-order chi connectivity index (χ0) is 17.3. The van der Waals surface area contributed by atoms with Crippen molar-refractivity contribution in [2.24, 2.45) is 0 Å². The van der Waals surface area contributed by atoms with Crippen molar-refractivity contribution in [2.75, 3.05) is 11.1 Å². The number of nitrogen functional groups attached to an aromatic ring is 1. The number of aliphatic hydroxyl groups is 1. The van der Waals surface area contributed by atoms with Gasteiger partial charge in [0, 0.05) is 5.69 Å². The van der Waals surface area contributed by atoms with E-state index in [0.29, 0.717) is 16.9 Å². The summed E-state index contributed by atoms with van der Waals surface area (Å²) < 4.78 is 1.65. The van der Waals surface area contributed by atoms with Crippen LogP contribution in [0.4, 0.5) is 11.5 Å². The molecule has 0 saturated carbocycles. The predicted molar refractivity (Wildman–Crippen MR) is 90.2 cm³/mol. The summed E-state index contributed by atoms with van der Waals surface area (Å²) in [6.45, 7) is 3.56. The highest BCUT2D eigenvalue weighted by Gasteiger charge is 2.19. The average Bonchev–Trinajstić information content (AvgIpc) is 3.01. The summed E-state index contributed by atoms with van der Waals surface area (Å²) in [5.74, 6) is 0.0579. The molecule has 3 rings (SSSR count). The topological polar surface area (TPSA) is 119 Å². The van der Waals surface area contributed by atoms with Gasteiger partial charge in [-0.05, 0) is 31.0 Å². The Hall–Kier alpha value is -3.00. The van der Waals surface area contributed by atoms with E-state index in [9.17, 15) is 9.90 Å². The second-order valence-corrected chi connectivity index (χ2v) is 5.56. The first-order valence-corrected chi connectivity index (χ1v) is 7.45. The molecule has 1 unspecified atom stereocenters. The van der Waals surface area contributed by atoms with Gasteiger partial charge in [-0.2, -0.15) is 0 Å². The molecule has 1 amide bonds. The van der Waals surface area contributed by atoms with Crippen LogP contribution in [0, 0.1) is 6.92 Å². The van der Waals surface area contributed by atoms with Gasteiger partial charge < -0.3 is 20.7 Å². The van der Waals surface area contributed by atoms with Crippen LogP contribution in [0.15, 0.2) is 30.9 Å². The fraction of sp³-hybridized carbons (Fsp3) is 0.250. The number of carbonyl (C=O) groups excluding carboxylic acids is 1. The number of hydrogen-bond donors (Lipinski definition) is 3. The Morgan fingerprint density at radius 2 is 2.17 bits per heavy atom. The molecule has 8 heteroatoms. The highest BCUT2D eigenvalue weighted by Crippen LogP contribution is 2.22.